The van der Waals surface area contributed by atoms with Gasteiger partial charge in [-0.2, -0.15) is 4.31 Å². The van der Waals surface area contributed by atoms with Crippen LogP contribution in [0.5, 0.6) is 0 Å². The fraction of sp³-hybridized carbons (Fsp3) is 0.583. The lowest BCUT2D eigenvalue weighted by atomic mass is 10.1. The summed E-state index contributed by atoms with van der Waals surface area (Å²) >= 11 is 1.21. The first-order chi connectivity index (χ1) is 9.05. The van der Waals surface area contributed by atoms with Crippen molar-refractivity contribution in [2.45, 2.75) is 43.0 Å². The number of nitrogens with zero attached hydrogens (tertiary/aromatic N) is 1. The van der Waals surface area contributed by atoms with E-state index >= 15 is 0 Å². The quantitative estimate of drug-likeness (QED) is 0.922. The zero-order valence-electron chi connectivity index (χ0n) is 10.8. The molecule has 0 spiro atoms. The molecule has 0 saturated carbocycles. The summed E-state index contributed by atoms with van der Waals surface area (Å²) < 4.78 is 26.8. The molecular formula is C12H18N2O3S2. The van der Waals surface area contributed by atoms with E-state index in [1.807, 2.05) is 0 Å². The number of nitrogens with one attached hydrogen (secondary N) is 1. The van der Waals surface area contributed by atoms with Gasteiger partial charge in [-0.15, -0.1) is 11.3 Å². The first-order valence-corrected chi connectivity index (χ1v) is 8.72. The van der Waals surface area contributed by atoms with Crippen molar-refractivity contribution in [3.8, 4) is 0 Å². The van der Waals surface area contributed by atoms with E-state index in [2.05, 4.69) is 5.32 Å². The predicted octanol–water partition coefficient (Wildman–Crippen LogP) is 1.77. The van der Waals surface area contributed by atoms with Crippen LogP contribution < -0.4 is 5.32 Å². The number of sulfonamides is 1. The van der Waals surface area contributed by atoms with E-state index < -0.39 is 16.2 Å². The highest BCUT2D eigenvalue weighted by atomic mass is 32.2. The number of amides is 1. The van der Waals surface area contributed by atoms with Gasteiger partial charge in [-0.25, -0.2) is 8.42 Å². The molecule has 1 N–H and O–H groups in total. The van der Waals surface area contributed by atoms with Crippen molar-refractivity contribution < 1.29 is 13.2 Å². The Kier molecular flexibility index (Phi) is 4.59. The van der Waals surface area contributed by atoms with Gasteiger partial charge >= 0.3 is 0 Å². The Morgan fingerprint density at radius 1 is 1.53 bits per heavy atom. The van der Waals surface area contributed by atoms with Crippen molar-refractivity contribution in [2.75, 3.05) is 6.54 Å². The van der Waals surface area contributed by atoms with Crippen LogP contribution in [-0.2, 0) is 14.8 Å². The second-order valence-corrected chi connectivity index (χ2v) is 7.55. The van der Waals surface area contributed by atoms with Crippen molar-refractivity contribution in [3.63, 3.8) is 0 Å². The SMILES string of the molecule is CCC(=O)NC1CCCCN1S(=O)(=O)c1cccs1. The highest BCUT2D eigenvalue weighted by Gasteiger charge is 2.34. The molecule has 1 aliphatic heterocycles. The Hall–Kier alpha value is -0.920. The number of carbonyl (C=O) groups is 1. The van der Waals surface area contributed by atoms with E-state index in [0.29, 0.717) is 23.6 Å². The average molecular weight is 302 g/mol. The maximum atomic E-state index is 12.5. The van der Waals surface area contributed by atoms with Gasteiger partial charge in [-0.1, -0.05) is 13.0 Å². The molecule has 106 valence electrons. The first kappa shape index (κ1) is 14.5. The van der Waals surface area contributed by atoms with Gasteiger partial charge < -0.3 is 5.32 Å². The molecule has 1 aromatic heterocycles. The van der Waals surface area contributed by atoms with Crippen molar-refractivity contribution in [2.24, 2.45) is 0 Å². The van der Waals surface area contributed by atoms with Crippen LogP contribution in [0.4, 0.5) is 0 Å². The van der Waals surface area contributed by atoms with Crippen LogP contribution in [0.15, 0.2) is 21.7 Å². The zero-order valence-corrected chi connectivity index (χ0v) is 12.5. The molecule has 0 aromatic carbocycles. The van der Waals surface area contributed by atoms with E-state index in [0.717, 1.165) is 12.8 Å². The van der Waals surface area contributed by atoms with Crippen LogP contribution in [0.25, 0.3) is 0 Å². The summed E-state index contributed by atoms with van der Waals surface area (Å²) in [4.78, 5) is 11.5. The van der Waals surface area contributed by atoms with Crippen LogP contribution >= 0.6 is 11.3 Å². The maximum absolute atomic E-state index is 12.5. The normalized spacial score (nSPS) is 21.2. The third kappa shape index (κ3) is 3.16. The molecule has 19 heavy (non-hydrogen) atoms. The lowest BCUT2D eigenvalue weighted by molar-refractivity contribution is -0.122. The Bertz CT molecular complexity index is 525. The van der Waals surface area contributed by atoms with Crippen LogP contribution in [0.3, 0.4) is 0 Å². The van der Waals surface area contributed by atoms with E-state index in [1.165, 1.54) is 15.6 Å². The molecule has 2 rings (SSSR count). The van der Waals surface area contributed by atoms with Gasteiger partial charge in [0.2, 0.25) is 5.91 Å². The fourth-order valence-electron chi connectivity index (χ4n) is 2.15. The highest BCUT2D eigenvalue weighted by Crippen LogP contribution is 2.26. The fourth-order valence-corrected chi connectivity index (χ4v) is 4.88. The summed E-state index contributed by atoms with van der Waals surface area (Å²) in [5.74, 6) is -0.113. The number of hydrogen-bond donors (Lipinski definition) is 1. The average Bonchev–Trinajstić information content (AvgIpc) is 2.93. The minimum Gasteiger partial charge on any atom is -0.340 e. The van der Waals surface area contributed by atoms with Gasteiger partial charge in [-0.3, -0.25) is 4.79 Å². The largest absolute Gasteiger partial charge is 0.340 e. The van der Waals surface area contributed by atoms with Gasteiger partial charge in [0, 0.05) is 13.0 Å². The Balaban J connectivity index is 2.22. The molecule has 1 aromatic rings. The zero-order chi connectivity index (χ0) is 13.9. The molecular weight excluding hydrogens is 284 g/mol. The van der Waals surface area contributed by atoms with E-state index in [4.69, 9.17) is 0 Å². The summed E-state index contributed by atoms with van der Waals surface area (Å²) in [7, 11) is -3.48. The van der Waals surface area contributed by atoms with E-state index in [-0.39, 0.29) is 5.91 Å². The molecule has 1 aliphatic rings. The summed E-state index contributed by atoms with van der Waals surface area (Å²) in [5.41, 5.74) is 0. The molecule has 7 heteroatoms. The third-order valence-corrected chi connectivity index (χ3v) is 6.44. The second kappa shape index (κ2) is 6.02. The Labute approximate surface area is 117 Å². The van der Waals surface area contributed by atoms with Crippen molar-refractivity contribution in [1.82, 2.24) is 9.62 Å². The van der Waals surface area contributed by atoms with E-state index in [9.17, 15) is 13.2 Å². The molecule has 0 aliphatic carbocycles. The topological polar surface area (TPSA) is 66.5 Å². The minimum atomic E-state index is -3.48. The molecule has 1 atom stereocenters. The van der Waals surface area contributed by atoms with Crippen LogP contribution in [-0.4, -0.2) is 31.3 Å². The molecule has 0 radical (unpaired) electrons. The van der Waals surface area contributed by atoms with Crippen LogP contribution in [0, 0.1) is 0 Å². The Morgan fingerprint density at radius 2 is 2.32 bits per heavy atom. The summed E-state index contributed by atoms with van der Waals surface area (Å²) in [6.45, 7) is 2.23. The maximum Gasteiger partial charge on any atom is 0.254 e. The summed E-state index contributed by atoms with van der Waals surface area (Å²) in [6, 6.07) is 3.33. The van der Waals surface area contributed by atoms with Gasteiger partial charge in [0.1, 0.15) is 4.21 Å². The lowest BCUT2D eigenvalue weighted by Gasteiger charge is -2.34. The molecule has 1 fully saturated rings. The van der Waals surface area contributed by atoms with Crippen molar-refractivity contribution in [1.29, 1.82) is 0 Å². The monoisotopic (exact) mass is 302 g/mol. The standard InChI is InChI=1S/C12H18N2O3S2/c1-2-11(15)13-10-6-3-4-8-14(10)19(16,17)12-7-5-9-18-12/h5,7,9-10H,2-4,6,8H2,1H3,(H,13,15). The van der Waals surface area contributed by atoms with Crippen LogP contribution in [0.1, 0.15) is 32.6 Å². The smallest absolute Gasteiger partial charge is 0.254 e. The van der Waals surface area contributed by atoms with Gasteiger partial charge in [0.15, 0.2) is 0 Å². The molecule has 2 heterocycles. The first-order valence-electron chi connectivity index (χ1n) is 6.40. The molecule has 0 bridgehead atoms. The number of rotatable bonds is 4. The van der Waals surface area contributed by atoms with Crippen molar-refractivity contribution in [3.05, 3.63) is 17.5 Å². The van der Waals surface area contributed by atoms with Gasteiger partial charge in [-0.05, 0) is 30.7 Å². The molecule has 1 amide bonds. The molecule has 1 saturated heterocycles. The number of carbonyl (C=O) groups excluding carboxylic acids is 1. The lowest BCUT2D eigenvalue weighted by Crippen LogP contribution is -2.52. The Morgan fingerprint density at radius 3 is 2.95 bits per heavy atom. The van der Waals surface area contributed by atoms with Gasteiger partial charge in [0.25, 0.3) is 10.0 Å². The minimum absolute atomic E-state index is 0.113. The number of thiophene rings is 1. The predicted molar refractivity (Wildman–Crippen MR) is 74.3 cm³/mol. The third-order valence-electron chi connectivity index (χ3n) is 3.16. The number of hydrogen-bond acceptors (Lipinski definition) is 4. The van der Waals surface area contributed by atoms with Crippen molar-refractivity contribution >= 4 is 27.3 Å². The second-order valence-electron chi connectivity index (χ2n) is 4.48. The summed E-state index contributed by atoms with van der Waals surface area (Å²) in [5, 5.41) is 4.55. The van der Waals surface area contributed by atoms with Crippen LogP contribution in [0.2, 0.25) is 0 Å². The van der Waals surface area contributed by atoms with E-state index in [1.54, 1.807) is 24.4 Å². The molecule has 1 unspecified atom stereocenters. The van der Waals surface area contributed by atoms with Gasteiger partial charge in [0.05, 0.1) is 6.17 Å². The summed E-state index contributed by atoms with van der Waals surface area (Å²) in [6.07, 6.45) is 2.40. The molecule has 5 nitrogen and oxygen atoms in total. The highest BCUT2D eigenvalue weighted by molar-refractivity contribution is 7.91. The number of piperidine rings is 1.